The first-order chi connectivity index (χ1) is 14.7. The molecule has 0 atom stereocenters. The van der Waals surface area contributed by atoms with Crippen molar-refractivity contribution in [2.24, 2.45) is 0 Å². The van der Waals surface area contributed by atoms with E-state index in [4.69, 9.17) is 8.83 Å². The van der Waals surface area contributed by atoms with E-state index in [0.29, 0.717) is 0 Å². The smallest absolute Gasteiger partial charge is 0.192 e. The zero-order valence-corrected chi connectivity index (χ0v) is 16.9. The molecule has 2 heterocycles. The molecule has 148 valence electrons. The fourth-order valence-electron chi connectivity index (χ4n) is 3.11. The van der Waals surface area contributed by atoms with Gasteiger partial charge in [-0.1, -0.05) is 72.8 Å². The summed E-state index contributed by atoms with van der Waals surface area (Å²) in [7, 11) is 0. The van der Waals surface area contributed by atoms with Crippen LogP contribution in [-0.2, 0) is 0 Å². The van der Waals surface area contributed by atoms with Gasteiger partial charge in [-0.3, -0.25) is 0 Å². The number of benzene rings is 4. The summed E-state index contributed by atoms with van der Waals surface area (Å²) >= 11 is 0. The Morgan fingerprint density at radius 3 is 1.17 bits per heavy atom. The van der Waals surface area contributed by atoms with Gasteiger partial charge in [-0.05, 0) is 35.0 Å². The first-order valence-corrected chi connectivity index (χ1v) is 9.77. The van der Waals surface area contributed by atoms with Gasteiger partial charge >= 0.3 is 0 Å². The van der Waals surface area contributed by atoms with Crippen LogP contribution in [0.15, 0.2) is 106 Å². The van der Waals surface area contributed by atoms with E-state index in [0.717, 1.165) is 34.0 Å². The fraction of sp³-hybridized carbons (Fsp3) is 0.0769. The van der Waals surface area contributed by atoms with Gasteiger partial charge in [0.05, 0.1) is 0 Å². The number of aromatic nitrogens is 2. The molecule has 0 fully saturated rings. The zero-order chi connectivity index (χ0) is 20.8. The monoisotopic (exact) mass is 394 g/mol. The van der Waals surface area contributed by atoms with Crippen molar-refractivity contribution in [3.63, 3.8) is 0 Å². The van der Waals surface area contributed by atoms with Crippen LogP contribution in [-0.4, -0.2) is 9.97 Å². The second-order valence-electron chi connectivity index (χ2n) is 6.75. The first kappa shape index (κ1) is 19.4. The first-order valence-electron chi connectivity index (χ1n) is 9.77. The fourth-order valence-corrected chi connectivity index (χ4v) is 3.11. The molecule has 30 heavy (non-hydrogen) atoms. The van der Waals surface area contributed by atoms with Gasteiger partial charge in [0.25, 0.3) is 0 Å². The van der Waals surface area contributed by atoms with Crippen molar-refractivity contribution in [2.45, 2.75) is 13.8 Å². The molecule has 0 saturated heterocycles. The van der Waals surface area contributed by atoms with Crippen LogP contribution in [0.1, 0.15) is 11.8 Å². The Hall–Kier alpha value is -3.92. The SMILES string of the molecule is Cc1nc2ccccc2o1.Cc1nc2ccccc2o1.c1ccc2ccccc2c1. The maximum atomic E-state index is 5.26. The van der Waals surface area contributed by atoms with E-state index in [1.54, 1.807) is 0 Å². The van der Waals surface area contributed by atoms with Crippen LogP contribution >= 0.6 is 0 Å². The summed E-state index contributed by atoms with van der Waals surface area (Å²) in [5.74, 6) is 1.45. The molecule has 0 aliphatic heterocycles. The van der Waals surface area contributed by atoms with Gasteiger partial charge < -0.3 is 8.83 Å². The molecule has 0 aliphatic carbocycles. The number of hydrogen-bond donors (Lipinski definition) is 0. The van der Waals surface area contributed by atoms with Crippen molar-refractivity contribution < 1.29 is 8.83 Å². The third-order valence-corrected chi connectivity index (χ3v) is 4.46. The maximum absolute atomic E-state index is 5.26. The highest BCUT2D eigenvalue weighted by molar-refractivity contribution is 5.82. The minimum absolute atomic E-state index is 0.723. The molecule has 0 amide bonds. The second-order valence-corrected chi connectivity index (χ2v) is 6.75. The summed E-state index contributed by atoms with van der Waals surface area (Å²) in [5, 5.41) is 2.62. The summed E-state index contributed by atoms with van der Waals surface area (Å²) in [6.45, 7) is 3.69. The molecule has 0 bridgehead atoms. The lowest BCUT2D eigenvalue weighted by Gasteiger charge is -1.92. The van der Waals surface area contributed by atoms with Crippen LogP contribution in [0.25, 0.3) is 33.0 Å². The van der Waals surface area contributed by atoms with Crippen LogP contribution in [0.4, 0.5) is 0 Å². The van der Waals surface area contributed by atoms with Crippen molar-refractivity contribution in [1.29, 1.82) is 0 Å². The third-order valence-electron chi connectivity index (χ3n) is 4.46. The van der Waals surface area contributed by atoms with Crippen molar-refractivity contribution in [3.8, 4) is 0 Å². The Morgan fingerprint density at radius 2 is 0.800 bits per heavy atom. The quantitative estimate of drug-likeness (QED) is 0.275. The van der Waals surface area contributed by atoms with Gasteiger partial charge in [-0.25, -0.2) is 9.97 Å². The van der Waals surface area contributed by atoms with E-state index in [-0.39, 0.29) is 0 Å². The van der Waals surface area contributed by atoms with Gasteiger partial charge in [-0.15, -0.1) is 0 Å². The van der Waals surface area contributed by atoms with Crippen molar-refractivity contribution in [1.82, 2.24) is 9.97 Å². The molecule has 0 unspecified atom stereocenters. The average molecular weight is 394 g/mol. The minimum atomic E-state index is 0.723. The normalized spacial score (nSPS) is 10.3. The molecule has 0 aliphatic rings. The van der Waals surface area contributed by atoms with Crippen LogP contribution in [0.5, 0.6) is 0 Å². The minimum Gasteiger partial charge on any atom is -0.441 e. The Balaban J connectivity index is 0.000000109. The lowest BCUT2D eigenvalue weighted by molar-refractivity contribution is 0.560. The number of para-hydroxylation sites is 4. The van der Waals surface area contributed by atoms with Crippen molar-refractivity contribution in [2.75, 3.05) is 0 Å². The van der Waals surface area contributed by atoms with Crippen LogP contribution < -0.4 is 0 Å². The summed E-state index contributed by atoms with van der Waals surface area (Å²) in [6, 6.07) is 32.2. The summed E-state index contributed by atoms with van der Waals surface area (Å²) < 4.78 is 10.5. The number of hydrogen-bond acceptors (Lipinski definition) is 4. The molecule has 4 aromatic carbocycles. The van der Waals surface area contributed by atoms with E-state index >= 15 is 0 Å². The number of aryl methyl sites for hydroxylation is 2. The summed E-state index contributed by atoms with van der Waals surface area (Å²) in [4.78, 5) is 8.29. The molecule has 0 saturated carbocycles. The molecule has 6 aromatic rings. The van der Waals surface area contributed by atoms with E-state index in [1.165, 1.54) is 10.8 Å². The summed E-state index contributed by atoms with van der Waals surface area (Å²) in [6.07, 6.45) is 0. The standard InChI is InChI=1S/C10H8.2C8H7NO/c1-2-6-10-8-4-3-7-9(10)5-1;2*1-6-9-7-4-2-3-5-8(7)10-6/h1-8H;2*2-5H,1H3. The summed E-state index contributed by atoms with van der Waals surface area (Å²) in [5.41, 5.74) is 3.58. The van der Waals surface area contributed by atoms with Gasteiger partial charge in [0.1, 0.15) is 11.0 Å². The molecule has 0 spiro atoms. The van der Waals surface area contributed by atoms with Gasteiger partial charge in [-0.2, -0.15) is 0 Å². The van der Waals surface area contributed by atoms with E-state index < -0.39 is 0 Å². The number of rotatable bonds is 0. The Bertz CT molecular complexity index is 1180. The zero-order valence-electron chi connectivity index (χ0n) is 16.9. The molecule has 2 aromatic heterocycles. The highest BCUT2D eigenvalue weighted by Gasteiger charge is 1.98. The Kier molecular flexibility index (Phi) is 5.85. The molecular formula is C26H22N2O2. The van der Waals surface area contributed by atoms with Crippen molar-refractivity contribution in [3.05, 3.63) is 109 Å². The predicted molar refractivity (Wildman–Crippen MR) is 121 cm³/mol. The Labute approximate surface area is 174 Å². The van der Waals surface area contributed by atoms with Crippen LogP contribution in [0.2, 0.25) is 0 Å². The largest absolute Gasteiger partial charge is 0.441 e. The molecule has 6 rings (SSSR count). The Morgan fingerprint density at radius 1 is 0.467 bits per heavy atom. The van der Waals surface area contributed by atoms with Crippen LogP contribution in [0, 0.1) is 13.8 Å². The maximum Gasteiger partial charge on any atom is 0.192 e. The van der Waals surface area contributed by atoms with E-state index in [1.807, 2.05) is 62.4 Å². The van der Waals surface area contributed by atoms with Gasteiger partial charge in [0.2, 0.25) is 0 Å². The predicted octanol–water partition coefficient (Wildman–Crippen LogP) is 7.11. The molecular weight excluding hydrogens is 372 g/mol. The second kappa shape index (κ2) is 9.05. The van der Waals surface area contributed by atoms with Crippen molar-refractivity contribution >= 4 is 33.0 Å². The highest BCUT2D eigenvalue weighted by atomic mass is 16.3. The molecule has 4 heteroatoms. The van der Waals surface area contributed by atoms with Crippen LogP contribution in [0.3, 0.4) is 0 Å². The van der Waals surface area contributed by atoms with E-state index in [9.17, 15) is 0 Å². The molecule has 0 N–H and O–H groups in total. The topological polar surface area (TPSA) is 52.1 Å². The van der Waals surface area contributed by atoms with E-state index in [2.05, 4.69) is 58.5 Å². The van der Waals surface area contributed by atoms with Gasteiger partial charge in [0.15, 0.2) is 22.9 Å². The molecule has 4 nitrogen and oxygen atoms in total. The number of oxazole rings is 2. The highest BCUT2D eigenvalue weighted by Crippen LogP contribution is 2.14. The molecule has 0 radical (unpaired) electrons. The lowest BCUT2D eigenvalue weighted by Crippen LogP contribution is -1.67. The lowest BCUT2D eigenvalue weighted by atomic mass is 10.1. The third kappa shape index (κ3) is 4.73. The average Bonchev–Trinajstić information content (AvgIpc) is 3.35. The van der Waals surface area contributed by atoms with Gasteiger partial charge in [0, 0.05) is 13.8 Å². The number of nitrogens with zero attached hydrogens (tertiary/aromatic N) is 2. The number of fused-ring (bicyclic) bond motifs is 3.